The van der Waals surface area contributed by atoms with Gasteiger partial charge < -0.3 is 4.74 Å². The maximum atomic E-state index is 11.4. The van der Waals surface area contributed by atoms with Gasteiger partial charge in [0.25, 0.3) is 0 Å². The van der Waals surface area contributed by atoms with Gasteiger partial charge in [0.1, 0.15) is 0 Å². The van der Waals surface area contributed by atoms with E-state index in [1.54, 1.807) is 0 Å². The van der Waals surface area contributed by atoms with Gasteiger partial charge in [0.2, 0.25) is 0 Å². The van der Waals surface area contributed by atoms with Crippen molar-refractivity contribution in [1.29, 1.82) is 0 Å². The molecule has 0 amide bonds. The molecule has 2 heteroatoms. The molecule has 0 radical (unpaired) electrons. The molecular formula is C15H20O2. The van der Waals surface area contributed by atoms with Crippen LogP contribution < -0.4 is 0 Å². The quantitative estimate of drug-likeness (QED) is 0.744. The second-order valence-corrected chi connectivity index (χ2v) is 4.91. The van der Waals surface area contributed by atoms with E-state index in [-0.39, 0.29) is 11.9 Å². The Kier molecular flexibility index (Phi) is 3.82. The summed E-state index contributed by atoms with van der Waals surface area (Å²) in [6.07, 6.45) is 2.84. The lowest BCUT2D eigenvalue weighted by Gasteiger charge is -2.12. The molecule has 1 fully saturated rings. The van der Waals surface area contributed by atoms with Crippen molar-refractivity contribution < 1.29 is 9.53 Å². The van der Waals surface area contributed by atoms with Crippen molar-refractivity contribution in [3.05, 3.63) is 35.4 Å². The highest BCUT2D eigenvalue weighted by Gasteiger charge is 2.26. The maximum absolute atomic E-state index is 11.4. The van der Waals surface area contributed by atoms with Crippen LogP contribution in [0.1, 0.15) is 43.7 Å². The molecule has 0 saturated carbocycles. The lowest BCUT2D eigenvalue weighted by Crippen LogP contribution is -2.10. The first-order valence-electron chi connectivity index (χ1n) is 6.46. The average Bonchev–Trinajstić information content (AvgIpc) is 2.74. The Labute approximate surface area is 103 Å². The van der Waals surface area contributed by atoms with Crippen LogP contribution in [0.4, 0.5) is 0 Å². The van der Waals surface area contributed by atoms with E-state index in [4.69, 9.17) is 4.74 Å². The second kappa shape index (κ2) is 5.35. The van der Waals surface area contributed by atoms with Crippen LogP contribution in [-0.2, 0) is 16.0 Å². The molecule has 2 rings (SSSR count). The minimum atomic E-state index is -0.0288. The number of cyclic esters (lactones) is 1. The third kappa shape index (κ3) is 2.87. The topological polar surface area (TPSA) is 26.3 Å². The first kappa shape index (κ1) is 12.2. The first-order valence-corrected chi connectivity index (χ1v) is 6.46. The van der Waals surface area contributed by atoms with Crippen LogP contribution >= 0.6 is 0 Å². The van der Waals surface area contributed by atoms with Gasteiger partial charge >= 0.3 is 5.97 Å². The van der Waals surface area contributed by atoms with Gasteiger partial charge in [0, 0.05) is 0 Å². The first-order chi connectivity index (χ1) is 8.20. The summed E-state index contributed by atoms with van der Waals surface area (Å²) in [5.41, 5.74) is 2.63. The molecule has 0 bridgehead atoms. The van der Waals surface area contributed by atoms with Gasteiger partial charge in [0.05, 0.1) is 12.5 Å². The molecule has 0 spiro atoms. The Morgan fingerprint density at radius 1 is 1.47 bits per heavy atom. The van der Waals surface area contributed by atoms with Gasteiger partial charge in [0.15, 0.2) is 0 Å². The third-order valence-electron chi connectivity index (χ3n) is 3.66. The maximum Gasteiger partial charge on any atom is 0.309 e. The van der Waals surface area contributed by atoms with Crippen LogP contribution in [0.25, 0.3) is 0 Å². The average molecular weight is 232 g/mol. The predicted octanol–water partition coefficient (Wildman–Crippen LogP) is 3.31. The number of ether oxygens (including phenoxy) is 1. The molecule has 92 valence electrons. The zero-order valence-electron chi connectivity index (χ0n) is 10.6. The van der Waals surface area contributed by atoms with E-state index in [0.29, 0.717) is 12.5 Å². The zero-order valence-corrected chi connectivity index (χ0v) is 10.6. The Morgan fingerprint density at radius 2 is 2.29 bits per heavy atom. The van der Waals surface area contributed by atoms with Crippen LogP contribution in [-0.4, -0.2) is 12.6 Å². The fourth-order valence-corrected chi connectivity index (χ4v) is 2.27. The summed E-state index contributed by atoms with van der Waals surface area (Å²) < 4.78 is 5.00. The van der Waals surface area contributed by atoms with Crippen molar-refractivity contribution in [2.45, 2.75) is 39.0 Å². The lowest BCUT2D eigenvalue weighted by molar-refractivity contribution is -0.141. The van der Waals surface area contributed by atoms with Crippen LogP contribution in [0.5, 0.6) is 0 Å². The van der Waals surface area contributed by atoms with Crippen molar-refractivity contribution in [3.63, 3.8) is 0 Å². The molecule has 2 atom stereocenters. The van der Waals surface area contributed by atoms with Crippen molar-refractivity contribution in [2.75, 3.05) is 6.61 Å². The van der Waals surface area contributed by atoms with Crippen LogP contribution in [0.15, 0.2) is 24.3 Å². The van der Waals surface area contributed by atoms with E-state index in [0.717, 1.165) is 19.3 Å². The van der Waals surface area contributed by atoms with E-state index in [1.807, 2.05) is 0 Å². The Hall–Kier alpha value is -1.31. The minimum absolute atomic E-state index is 0.0288. The van der Waals surface area contributed by atoms with Crippen LogP contribution in [0.3, 0.4) is 0 Å². The van der Waals surface area contributed by atoms with Gasteiger partial charge in [-0.15, -0.1) is 0 Å². The molecule has 1 aliphatic rings. The summed E-state index contributed by atoms with van der Waals surface area (Å²) in [7, 11) is 0. The smallest absolute Gasteiger partial charge is 0.309 e. The normalized spacial score (nSPS) is 21.3. The van der Waals surface area contributed by atoms with Gasteiger partial charge in [-0.05, 0) is 36.3 Å². The lowest BCUT2D eigenvalue weighted by atomic mass is 9.93. The van der Waals surface area contributed by atoms with Crippen LogP contribution in [0, 0.1) is 5.92 Å². The van der Waals surface area contributed by atoms with Gasteiger partial charge in [-0.3, -0.25) is 4.79 Å². The van der Waals surface area contributed by atoms with Crippen LogP contribution in [0.2, 0.25) is 0 Å². The summed E-state index contributed by atoms with van der Waals surface area (Å²) in [5, 5.41) is 0. The van der Waals surface area contributed by atoms with Gasteiger partial charge in [-0.1, -0.05) is 38.1 Å². The molecule has 1 aromatic carbocycles. The van der Waals surface area contributed by atoms with E-state index in [2.05, 4.69) is 38.1 Å². The Morgan fingerprint density at radius 3 is 2.94 bits per heavy atom. The molecule has 0 N–H and O–H groups in total. The summed E-state index contributed by atoms with van der Waals surface area (Å²) in [6.45, 7) is 5.03. The standard InChI is InChI=1S/C15H20O2/c1-3-11(2)13-6-4-5-12(9-13)10-14-7-8-17-15(14)16/h4-6,9,11,14H,3,7-8,10H2,1-2H3. The zero-order chi connectivity index (χ0) is 12.3. The number of esters is 1. The Balaban J connectivity index is 2.08. The highest BCUT2D eigenvalue weighted by atomic mass is 16.5. The molecule has 2 nitrogen and oxygen atoms in total. The number of benzene rings is 1. The largest absolute Gasteiger partial charge is 0.465 e. The van der Waals surface area contributed by atoms with E-state index < -0.39 is 0 Å². The van der Waals surface area contributed by atoms with Crippen molar-refractivity contribution in [1.82, 2.24) is 0 Å². The number of carbonyl (C=O) groups is 1. The number of hydrogen-bond donors (Lipinski definition) is 0. The molecule has 0 aromatic heterocycles. The monoisotopic (exact) mass is 232 g/mol. The number of carbonyl (C=O) groups excluding carboxylic acids is 1. The number of rotatable bonds is 4. The van der Waals surface area contributed by atoms with E-state index in [1.165, 1.54) is 11.1 Å². The highest BCUT2D eigenvalue weighted by Crippen LogP contribution is 2.23. The summed E-state index contributed by atoms with van der Waals surface area (Å²) in [5.74, 6) is 0.631. The summed E-state index contributed by atoms with van der Waals surface area (Å²) >= 11 is 0. The fraction of sp³-hybridized carbons (Fsp3) is 0.533. The molecule has 2 unspecified atom stereocenters. The molecule has 17 heavy (non-hydrogen) atoms. The van der Waals surface area contributed by atoms with E-state index >= 15 is 0 Å². The summed E-state index contributed by atoms with van der Waals surface area (Å²) in [6, 6.07) is 8.61. The van der Waals surface area contributed by atoms with Gasteiger partial charge in [-0.2, -0.15) is 0 Å². The molecule has 0 aliphatic carbocycles. The molecule has 1 saturated heterocycles. The van der Waals surface area contributed by atoms with Crippen molar-refractivity contribution in [3.8, 4) is 0 Å². The highest BCUT2D eigenvalue weighted by molar-refractivity contribution is 5.74. The van der Waals surface area contributed by atoms with Crippen molar-refractivity contribution in [2.24, 2.45) is 5.92 Å². The summed E-state index contributed by atoms with van der Waals surface area (Å²) in [4.78, 5) is 11.4. The van der Waals surface area contributed by atoms with Gasteiger partial charge in [-0.25, -0.2) is 0 Å². The second-order valence-electron chi connectivity index (χ2n) is 4.91. The van der Waals surface area contributed by atoms with E-state index in [9.17, 15) is 4.79 Å². The Bertz CT molecular complexity index is 398. The number of hydrogen-bond acceptors (Lipinski definition) is 2. The SMILES string of the molecule is CCC(C)c1cccc(CC2CCOC2=O)c1. The molecule has 1 aliphatic heterocycles. The molecule has 1 aromatic rings. The van der Waals surface area contributed by atoms with Crippen molar-refractivity contribution >= 4 is 5.97 Å². The fourth-order valence-electron chi connectivity index (χ4n) is 2.27. The third-order valence-corrected chi connectivity index (χ3v) is 3.66. The molecular weight excluding hydrogens is 212 g/mol. The predicted molar refractivity (Wildman–Crippen MR) is 67.9 cm³/mol. The molecule has 1 heterocycles. The minimum Gasteiger partial charge on any atom is -0.465 e.